The van der Waals surface area contributed by atoms with Gasteiger partial charge in [0, 0.05) is 19.6 Å². The van der Waals surface area contributed by atoms with E-state index in [9.17, 15) is 18.0 Å². The fraction of sp³-hybridized carbons (Fsp3) is 0.571. The summed E-state index contributed by atoms with van der Waals surface area (Å²) in [6.45, 7) is 2.89. The average Bonchev–Trinajstić information content (AvgIpc) is 2.53. The van der Waals surface area contributed by atoms with Gasteiger partial charge in [-0.05, 0) is 19.1 Å². The molecule has 0 unspecified atom stereocenters. The maximum atomic E-state index is 12.4. The van der Waals surface area contributed by atoms with E-state index in [1.165, 1.54) is 13.1 Å². The summed E-state index contributed by atoms with van der Waals surface area (Å²) in [5, 5.41) is 2.43. The number of pyridine rings is 1. The minimum Gasteiger partial charge on any atom is -0.378 e. The van der Waals surface area contributed by atoms with Crippen LogP contribution >= 0.6 is 0 Å². The highest BCUT2D eigenvalue weighted by Crippen LogP contribution is 2.18. The van der Waals surface area contributed by atoms with Crippen LogP contribution in [0.2, 0.25) is 0 Å². The first-order valence-electron chi connectivity index (χ1n) is 7.30. The molecule has 9 heteroatoms. The summed E-state index contributed by atoms with van der Waals surface area (Å²) < 4.78 is 42.5. The maximum Gasteiger partial charge on any atom is 0.406 e. The summed E-state index contributed by atoms with van der Waals surface area (Å²) in [6, 6.07) is 2.55. The van der Waals surface area contributed by atoms with E-state index in [2.05, 4.69) is 10.3 Å². The predicted octanol–water partition coefficient (Wildman–Crippen LogP) is 2.33. The molecule has 2 rings (SSSR count). The van der Waals surface area contributed by atoms with Crippen LogP contribution in [0, 0.1) is 0 Å². The van der Waals surface area contributed by atoms with Crippen molar-refractivity contribution < 1.29 is 22.7 Å². The maximum absolute atomic E-state index is 12.4. The normalized spacial score (nSPS) is 15.4. The largest absolute Gasteiger partial charge is 0.406 e. The van der Waals surface area contributed by atoms with Gasteiger partial charge in [0.15, 0.2) is 0 Å². The summed E-state index contributed by atoms with van der Waals surface area (Å²) in [5.74, 6) is 0.744. The summed E-state index contributed by atoms with van der Waals surface area (Å²) >= 11 is 0. The molecule has 128 valence electrons. The third-order valence-corrected chi connectivity index (χ3v) is 3.37. The fourth-order valence-corrected chi connectivity index (χ4v) is 2.19. The lowest BCUT2D eigenvalue weighted by Gasteiger charge is -2.28. The molecule has 23 heavy (non-hydrogen) atoms. The second-order valence-electron chi connectivity index (χ2n) is 5.06. The van der Waals surface area contributed by atoms with Crippen LogP contribution in [-0.2, 0) is 4.74 Å². The molecule has 1 saturated heterocycles. The molecule has 1 aromatic rings. The SMILES string of the molecule is CCN(CC(F)(F)F)C(=O)Nc1ccc(N2CCOCC2)nc1. The van der Waals surface area contributed by atoms with Crippen LogP contribution in [0.25, 0.3) is 0 Å². The van der Waals surface area contributed by atoms with Gasteiger partial charge in [-0.1, -0.05) is 0 Å². The van der Waals surface area contributed by atoms with Crippen molar-refractivity contribution in [3.05, 3.63) is 18.3 Å². The Labute approximate surface area is 132 Å². The lowest BCUT2D eigenvalue weighted by Crippen LogP contribution is -2.41. The lowest BCUT2D eigenvalue weighted by molar-refractivity contribution is -0.139. The smallest absolute Gasteiger partial charge is 0.378 e. The van der Waals surface area contributed by atoms with Gasteiger partial charge in [-0.2, -0.15) is 13.2 Å². The van der Waals surface area contributed by atoms with Gasteiger partial charge in [0.1, 0.15) is 12.4 Å². The fourth-order valence-electron chi connectivity index (χ4n) is 2.19. The third kappa shape index (κ3) is 5.27. The van der Waals surface area contributed by atoms with E-state index in [0.717, 1.165) is 18.9 Å². The van der Waals surface area contributed by atoms with Crippen LogP contribution in [0.15, 0.2) is 18.3 Å². The minimum absolute atomic E-state index is 0.0371. The molecule has 0 bridgehead atoms. The van der Waals surface area contributed by atoms with Crippen molar-refractivity contribution in [2.45, 2.75) is 13.1 Å². The van der Waals surface area contributed by atoms with Crippen molar-refractivity contribution in [1.82, 2.24) is 9.88 Å². The molecule has 0 atom stereocenters. The van der Waals surface area contributed by atoms with Crippen molar-refractivity contribution in [2.75, 3.05) is 49.6 Å². The molecule has 2 heterocycles. The lowest BCUT2D eigenvalue weighted by atomic mass is 10.3. The molecule has 1 aromatic heterocycles. The summed E-state index contributed by atoms with van der Waals surface area (Å²) in [5.41, 5.74) is 0.354. The molecule has 1 N–H and O–H groups in total. The first-order chi connectivity index (χ1) is 10.9. The highest BCUT2D eigenvalue weighted by Gasteiger charge is 2.32. The quantitative estimate of drug-likeness (QED) is 0.919. The van der Waals surface area contributed by atoms with Crippen LogP contribution < -0.4 is 10.2 Å². The molecule has 1 aliphatic heterocycles. The number of aromatic nitrogens is 1. The van der Waals surface area contributed by atoms with Crippen molar-refractivity contribution in [2.24, 2.45) is 0 Å². The zero-order valence-corrected chi connectivity index (χ0v) is 12.8. The number of carbonyl (C=O) groups is 1. The number of ether oxygens (including phenoxy) is 1. The molecule has 0 spiro atoms. The Morgan fingerprint density at radius 3 is 2.61 bits per heavy atom. The number of anilines is 2. The molecule has 0 radical (unpaired) electrons. The Bertz CT molecular complexity index is 516. The Morgan fingerprint density at radius 1 is 1.39 bits per heavy atom. The van der Waals surface area contributed by atoms with Gasteiger partial charge in [-0.3, -0.25) is 0 Å². The molecular weight excluding hydrogens is 313 g/mol. The molecule has 0 aromatic carbocycles. The predicted molar refractivity (Wildman–Crippen MR) is 79.6 cm³/mol. The van der Waals surface area contributed by atoms with Crippen LogP contribution in [-0.4, -0.2) is 61.5 Å². The molecule has 1 fully saturated rings. The van der Waals surface area contributed by atoms with Gasteiger partial charge < -0.3 is 19.9 Å². The van der Waals surface area contributed by atoms with E-state index in [1.54, 1.807) is 12.1 Å². The number of amides is 2. The monoisotopic (exact) mass is 332 g/mol. The van der Waals surface area contributed by atoms with Gasteiger partial charge in [-0.15, -0.1) is 0 Å². The molecular formula is C14H19F3N4O2. The topological polar surface area (TPSA) is 57.7 Å². The summed E-state index contributed by atoms with van der Waals surface area (Å²) in [7, 11) is 0. The zero-order valence-electron chi connectivity index (χ0n) is 12.8. The highest BCUT2D eigenvalue weighted by molar-refractivity contribution is 5.89. The van der Waals surface area contributed by atoms with Crippen LogP contribution in [0.5, 0.6) is 0 Å². The second-order valence-corrected chi connectivity index (χ2v) is 5.06. The van der Waals surface area contributed by atoms with E-state index in [-0.39, 0.29) is 6.54 Å². The molecule has 0 saturated carbocycles. The number of alkyl halides is 3. The standard InChI is InChI=1S/C14H19F3N4O2/c1-2-20(10-14(15,16)17)13(22)19-11-3-4-12(18-9-11)21-5-7-23-8-6-21/h3-4,9H,2,5-8,10H2,1H3,(H,19,22). The van der Waals surface area contributed by atoms with Crippen molar-refractivity contribution in [3.8, 4) is 0 Å². The number of hydrogen-bond acceptors (Lipinski definition) is 4. The number of carbonyl (C=O) groups excluding carboxylic acids is 1. The van der Waals surface area contributed by atoms with Crippen LogP contribution in [0.1, 0.15) is 6.92 Å². The van der Waals surface area contributed by atoms with Crippen LogP contribution in [0.4, 0.5) is 29.5 Å². The first-order valence-corrected chi connectivity index (χ1v) is 7.30. The van der Waals surface area contributed by atoms with Crippen LogP contribution in [0.3, 0.4) is 0 Å². The van der Waals surface area contributed by atoms with Gasteiger partial charge in [0.25, 0.3) is 0 Å². The Hall–Kier alpha value is -2.03. The van der Waals surface area contributed by atoms with Gasteiger partial charge in [-0.25, -0.2) is 9.78 Å². The van der Waals surface area contributed by atoms with Gasteiger partial charge in [0.05, 0.1) is 25.1 Å². The Morgan fingerprint density at radius 2 is 2.09 bits per heavy atom. The first kappa shape index (κ1) is 17.3. The number of halogens is 3. The summed E-state index contributed by atoms with van der Waals surface area (Å²) in [4.78, 5) is 18.8. The van der Waals surface area contributed by atoms with E-state index in [1.807, 2.05) is 4.90 Å². The number of hydrogen-bond donors (Lipinski definition) is 1. The van der Waals surface area contributed by atoms with E-state index in [4.69, 9.17) is 4.74 Å². The van der Waals surface area contributed by atoms with Gasteiger partial charge in [0.2, 0.25) is 0 Å². The third-order valence-electron chi connectivity index (χ3n) is 3.37. The van der Waals surface area contributed by atoms with Crippen molar-refractivity contribution in [3.63, 3.8) is 0 Å². The number of rotatable bonds is 4. The average molecular weight is 332 g/mol. The van der Waals surface area contributed by atoms with E-state index < -0.39 is 18.8 Å². The number of morpholine rings is 1. The van der Waals surface area contributed by atoms with E-state index >= 15 is 0 Å². The van der Waals surface area contributed by atoms with Crippen molar-refractivity contribution >= 4 is 17.5 Å². The molecule has 0 aliphatic carbocycles. The molecule has 2 amide bonds. The molecule has 6 nitrogen and oxygen atoms in total. The number of nitrogens with zero attached hydrogens (tertiary/aromatic N) is 3. The molecule has 1 aliphatic rings. The van der Waals surface area contributed by atoms with Gasteiger partial charge >= 0.3 is 12.2 Å². The highest BCUT2D eigenvalue weighted by atomic mass is 19.4. The number of nitrogens with one attached hydrogen (secondary N) is 1. The zero-order chi connectivity index (χ0) is 16.9. The Kier molecular flexibility index (Phi) is 5.64. The minimum atomic E-state index is -4.42. The van der Waals surface area contributed by atoms with E-state index in [0.29, 0.717) is 23.8 Å². The Balaban J connectivity index is 1.95. The second kappa shape index (κ2) is 7.49. The number of urea groups is 1. The summed E-state index contributed by atoms with van der Waals surface area (Å²) in [6.07, 6.45) is -2.99. The van der Waals surface area contributed by atoms with Crippen molar-refractivity contribution in [1.29, 1.82) is 0 Å².